The van der Waals surface area contributed by atoms with Crippen molar-refractivity contribution in [1.29, 1.82) is 0 Å². The van der Waals surface area contributed by atoms with Gasteiger partial charge in [-0.25, -0.2) is 0 Å². The number of unbranched alkanes of at least 4 members (excludes halogenated alkanes) is 3. The highest BCUT2D eigenvalue weighted by Crippen LogP contribution is 2.05. The van der Waals surface area contributed by atoms with Gasteiger partial charge in [-0.15, -0.1) is 0 Å². The molecule has 0 aromatic carbocycles. The topological polar surface area (TPSA) is 52.6 Å². The van der Waals surface area contributed by atoms with Crippen LogP contribution >= 0.6 is 0 Å². The van der Waals surface area contributed by atoms with Gasteiger partial charge in [-0.05, 0) is 13.3 Å². The van der Waals surface area contributed by atoms with E-state index in [9.17, 15) is 9.59 Å². The summed E-state index contributed by atoms with van der Waals surface area (Å²) >= 11 is 0. The van der Waals surface area contributed by atoms with E-state index in [-0.39, 0.29) is 24.5 Å². The second-order valence-electron chi connectivity index (χ2n) is 3.92. The van der Waals surface area contributed by atoms with Crippen LogP contribution in [0, 0.1) is 5.92 Å². The minimum absolute atomic E-state index is 0.110. The molecule has 0 aliphatic rings. The quantitative estimate of drug-likeness (QED) is 0.474. The van der Waals surface area contributed by atoms with Crippen molar-refractivity contribution in [2.75, 3.05) is 13.7 Å². The molecule has 0 aliphatic carbocycles. The monoisotopic (exact) mass is 230 g/mol. The number of esters is 2. The minimum atomic E-state index is -0.385. The Morgan fingerprint density at radius 1 is 1.19 bits per heavy atom. The van der Waals surface area contributed by atoms with Gasteiger partial charge in [0.25, 0.3) is 0 Å². The van der Waals surface area contributed by atoms with Crippen molar-refractivity contribution in [3.8, 4) is 0 Å². The molecule has 0 heterocycles. The lowest BCUT2D eigenvalue weighted by Crippen LogP contribution is -2.20. The SMILES string of the molecule is CCCCCCC(=O)OCC(C)C(=O)OC. The first-order valence-corrected chi connectivity index (χ1v) is 5.85. The molecule has 0 spiro atoms. The van der Waals surface area contributed by atoms with Gasteiger partial charge >= 0.3 is 11.9 Å². The Hall–Kier alpha value is -1.06. The third-order valence-corrected chi connectivity index (χ3v) is 2.33. The van der Waals surface area contributed by atoms with E-state index in [1.807, 2.05) is 0 Å². The first-order chi connectivity index (χ1) is 7.61. The van der Waals surface area contributed by atoms with Crippen molar-refractivity contribution >= 4 is 11.9 Å². The van der Waals surface area contributed by atoms with Crippen molar-refractivity contribution in [2.24, 2.45) is 5.92 Å². The number of carbonyl (C=O) groups excluding carboxylic acids is 2. The van der Waals surface area contributed by atoms with E-state index in [0.29, 0.717) is 6.42 Å². The molecule has 0 aromatic heterocycles. The van der Waals surface area contributed by atoms with Gasteiger partial charge in [-0.3, -0.25) is 9.59 Å². The fourth-order valence-corrected chi connectivity index (χ4v) is 1.26. The fourth-order valence-electron chi connectivity index (χ4n) is 1.26. The van der Waals surface area contributed by atoms with Gasteiger partial charge in [0.15, 0.2) is 0 Å². The van der Waals surface area contributed by atoms with Crippen molar-refractivity contribution in [3.05, 3.63) is 0 Å². The first-order valence-electron chi connectivity index (χ1n) is 5.85. The van der Waals surface area contributed by atoms with E-state index in [0.717, 1.165) is 25.7 Å². The number of rotatable bonds is 8. The largest absolute Gasteiger partial charge is 0.469 e. The van der Waals surface area contributed by atoms with Crippen LogP contribution in [-0.2, 0) is 19.1 Å². The summed E-state index contributed by atoms with van der Waals surface area (Å²) in [5.41, 5.74) is 0. The van der Waals surface area contributed by atoms with Crippen LogP contribution in [0.2, 0.25) is 0 Å². The normalized spacial score (nSPS) is 11.9. The molecule has 0 N–H and O–H groups in total. The summed E-state index contributed by atoms with van der Waals surface area (Å²) in [7, 11) is 1.32. The minimum Gasteiger partial charge on any atom is -0.469 e. The molecule has 0 aliphatic heterocycles. The molecule has 0 rings (SSSR count). The fraction of sp³-hybridized carbons (Fsp3) is 0.833. The Labute approximate surface area is 97.3 Å². The standard InChI is InChI=1S/C12H22O4/c1-4-5-6-7-8-11(13)16-9-10(2)12(14)15-3/h10H,4-9H2,1-3H3. The highest BCUT2D eigenvalue weighted by atomic mass is 16.5. The highest BCUT2D eigenvalue weighted by molar-refractivity contribution is 5.73. The average molecular weight is 230 g/mol. The maximum atomic E-state index is 11.2. The zero-order valence-corrected chi connectivity index (χ0v) is 10.5. The third-order valence-electron chi connectivity index (χ3n) is 2.33. The lowest BCUT2D eigenvalue weighted by molar-refractivity contribution is -0.152. The van der Waals surface area contributed by atoms with E-state index in [1.165, 1.54) is 7.11 Å². The van der Waals surface area contributed by atoms with Gasteiger partial charge < -0.3 is 9.47 Å². The van der Waals surface area contributed by atoms with E-state index < -0.39 is 0 Å². The Morgan fingerprint density at radius 2 is 1.88 bits per heavy atom. The van der Waals surface area contributed by atoms with Crippen LogP contribution in [0.15, 0.2) is 0 Å². The Balaban J connectivity index is 3.53. The molecule has 16 heavy (non-hydrogen) atoms. The van der Waals surface area contributed by atoms with Crippen LogP contribution in [0.25, 0.3) is 0 Å². The van der Waals surface area contributed by atoms with Crippen molar-refractivity contribution < 1.29 is 19.1 Å². The zero-order valence-electron chi connectivity index (χ0n) is 10.5. The first kappa shape index (κ1) is 14.9. The summed E-state index contributed by atoms with van der Waals surface area (Å²) in [6, 6.07) is 0. The van der Waals surface area contributed by atoms with Gasteiger partial charge in [0.1, 0.15) is 6.61 Å². The smallest absolute Gasteiger partial charge is 0.311 e. The molecule has 1 atom stereocenters. The molecule has 0 bridgehead atoms. The zero-order chi connectivity index (χ0) is 12.4. The van der Waals surface area contributed by atoms with Crippen LogP contribution in [0.3, 0.4) is 0 Å². The highest BCUT2D eigenvalue weighted by Gasteiger charge is 2.15. The van der Waals surface area contributed by atoms with Crippen molar-refractivity contribution in [2.45, 2.75) is 46.0 Å². The van der Waals surface area contributed by atoms with E-state index in [2.05, 4.69) is 11.7 Å². The molecule has 4 nitrogen and oxygen atoms in total. The lowest BCUT2D eigenvalue weighted by atomic mass is 10.1. The molecule has 0 saturated carbocycles. The second kappa shape index (κ2) is 9.19. The van der Waals surface area contributed by atoms with E-state index in [1.54, 1.807) is 6.92 Å². The molecule has 0 amide bonds. The second-order valence-corrected chi connectivity index (χ2v) is 3.92. The predicted molar refractivity (Wildman–Crippen MR) is 60.9 cm³/mol. The molecular formula is C12H22O4. The Bertz CT molecular complexity index is 213. The Morgan fingerprint density at radius 3 is 2.44 bits per heavy atom. The number of carbonyl (C=O) groups is 2. The molecule has 0 saturated heterocycles. The molecule has 0 aromatic rings. The molecule has 1 unspecified atom stereocenters. The number of ether oxygens (including phenoxy) is 2. The van der Waals surface area contributed by atoms with Crippen LogP contribution in [0.1, 0.15) is 46.0 Å². The maximum Gasteiger partial charge on any atom is 0.311 e. The van der Waals surface area contributed by atoms with Crippen LogP contribution in [-0.4, -0.2) is 25.7 Å². The van der Waals surface area contributed by atoms with Gasteiger partial charge in [0.05, 0.1) is 13.0 Å². The lowest BCUT2D eigenvalue weighted by Gasteiger charge is -2.09. The molecule has 0 radical (unpaired) electrons. The van der Waals surface area contributed by atoms with Gasteiger partial charge in [0, 0.05) is 6.42 Å². The number of methoxy groups -OCH3 is 1. The molecule has 4 heteroatoms. The van der Waals surface area contributed by atoms with Gasteiger partial charge in [-0.1, -0.05) is 26.2 Å². The Kier molecular flexibility index (Phi) is 8.58. The summed E-state index contributed by atoms with van der Waals surface area (Å²) in [5.74, 6) is -0.963. The van der Waals surface area contributed by atoms with Crippen LogP contribution in [0.4, 0.5) is 0 Å². The summed E-state index contributed by atoms with van der Waals surface area (Å²) < 4.78 is 9.49. The molecule has 0 fully saturated rings. The number of hydrogen-bond acceptors (Lipinski definition) is 4. The predicted octanol–water partition coefficient (Wildman–Crippen LogP) is 2.31. The van der Waals surface area contributed by atoms with Crippen LogP contribution < -0.4 is 0 Å². The maximum absolute atomic E-state index is 11.2. The molecule has 94 valence electrons. The summed E-state index contributed by atoms with van der Waals surface area (Å²) in [6.07, 6.45) is 4.64. The number of hydrogen-bond donors (Lipinski definition) is 0. The summed E-state index contributed by atoms with van der Waals surface area (Å²) in [5, 5.41) is 0. The van der Waals surface area contributed by atoms with E-state index in [4.69, 9.17) is 4.74 Å². The van der Waals surface area contributed by atoms with Crippen LogP contribution in [0.5, 0.6) is 0 Å². The van der Waals surface area contributed by atoms with Gasteiger partial charge in [0.2, 0.25) is 0 Å². The van der Waals surface area contributed by atoms with Crippen molar-refractivity contribution in [3.63, 3.8) is 0 Å². The van der Waals surface area contributed by atoms with E-state index >= 15 is 0 Å². The average Bonchev–Trinajstić information content (AvgIpc) is 2.30. The van der Waals surface area contributed by atoms with Gasteiger partial charge in [-0.2, -0.15) is 0 Å². The molecular weight excluding hydrogens is 208 g/mol. The summed E-state index contributed by atoms with van der Waals surface area (Å²) in [6.45, 7) is 3.91. The van der Waals surface area contributed by atoms with Crippen molar-refractivity contribution in [1.82, 2.24) is 0 Å². The summed E-state index contributed by atoms with van der Waals surface area (Å²) in [4.78, 5) is 22.3. The third kappa shape index (κ3) is 7.26.